The number of amides is 2. The quantitative estimate of drug-likeness (QED) is 0.753. The van der Waals surface area contributed by atoms with Gasteiger partial charge >= 0.3 is 0 Å². The lowest BCUT2D eigenvalue weighted by Crippen LogP contribution is -2.48. The Hall–Kier alpha value is -2.00. The van der Waals surface area contributed by atoms with E-state index in [0.29, 0.717) is 11.3 Å². The number of carbonyl (C=O) groups excluding carboxylic acids is 2. The zero-order chi connectivity index (χ0) is 14.1. The van der Waals surface area contributed by atoms with Crippen molar-refractivity contribution in [1.82, 2.24) is 10.6 Å². The average Bonchev–Trinajstić information content (AvgIpc) is 2.45. The molecule has 1 rings (SSSR count). The van der Waals surface area contributed by atoms with Crippen LogP contribution in [0.25, 0.3) is 0 Å². The third-order valence-corrected chi connectivity index (χ3v) is 3.00. The van der Waals surface area contributed by atoms with Gasteiger partial charge in [-0.05, 0) is 18.4 Å². The normalized spacial score (nSPS) is 11.2. The molecule has 1 unspecified atom stereocenters. The molecule has 6 heteroatoms. The highest BCUT2D eigenvalue weighted by molar-refractivity contribution is 7.98. The summed E-state index contributed by atoms with van der Waals surface area (Å²) in [7, 11) is 0. The van der Waals surface area contributed by atoms with Crippen LogP contribution in [-0.2, 0) is 4.79 Å². The molecule has 0 aliphatic heterocycles. The Morgan fingerprint density at radius 3 is 2.63 bits per heavy atom. The minimum atomic E-state index is -0.643. The predicted octanol–water partition coefficient (Wildman–Crippen LogP) is 0.788. The molecule has 1 aromatic rings. The smallest absolute Gasteiger partial charge is 0.251 e. The van der Waals surface area contributed by atoms with Crippen molar-refractivity contribution in [2.45, 2.75) is 6.04 Å². The minimum Gasteiger partial charge on any atom is -0.341 e. The van der Waals surface area contributed by atoms with Gasteiger partial charge in [-0.25, -0.2) is 0 Å². The third-order valence-electron chi connectivity index (χ3n) is 2.33. The first-order chi connectivity index (χ1) is 9.19. The fraction of sp³-hybridized carbons (Fsp3) is 0.308. The molecule has 0 aromatic heterocycles. The Balaban J connectivity index is 2.65. The van der Waals surface area contributed by atoms with Crippen molar-refractivity contribution in [3.8, 4) is 6.07 Å². The summed E-state index contributed by atoms with van der Waals surface area (Å²) in [6, 6.07) is 9.88. The summed E-state index contributed by atoms with van der Waals surface area (Å²) in [5, 5.41) is 13.5. The molecular formula is C13H15N3O2S. The van der Waals surface area contributed by atoms with Gasteiger partial charge in [0.1, 0.15) is 12.6 Å². The second kappa shape index (κ2) is 8.16. The standard InChI is InChI=1S/C13H15N3O2S/c1-19-9-11(13(18)15-8-7-14)16-12(17)10-5-3-2-4-6-10/h2-6,11H,8-9H2,1H3,(H,15,18)(H,16,17). The Labute approximate surface area is 116 Å². The molecule has 2 amide bonds. The van der Waals surface area contributed by atoms with Gasteiger partial charge in [0.2, 0.25) is 5.91 Å². The fourth-order valence-corrected chi connectivity index (χ4v) is 2.00. The Morgan fingerprint density at radius 2 is 2.05 bits per heavy atom. The Kier molecular flexibility index (Phi) is 6.47. The third kappa shape index (κ3) is 5.02. The monoisotopic (exact) mass is 277 g/mol. The fourth-order valence-electron chi connectivity index (χ4n) is 1.43. The van der Waals surface area contributed by atoms with Crippen LogP contribution in [0.4, 0.5) is 0 Å². The SMILES string of the molecule is CSCC(NC(=O)c1ccccc1)C(=O)NCC#N. The molecule has 0 spiro atoms. The van der Waals surface area contributed by atoms with Gasteiger partial charge in [0, 0.05) is 11.3 Å². The first kappa shape index (κ1) is 15.1. The van der Waals surface area contributed by atoms with Crippen molar-refractivity contribution < 1.29 is 9.59 Å². The van der Waals surface area contributed by atoms with E-state index in [1.807, 2.05) is 18.4 Å². The lowest BCUT2D eigenvalue weighted by Gasteiger charge is -2.16. The molecule has 5 nitrogen and oxygen atoms in total. The molecular weight excluding hydrogens is 262 g/mol. The maximum absolute atomic E-state index is 11.9. The molecule has 0 radical (unpaired) electrons. The molecule has 100 valence electrons. The topological polar surface area (TPSA) is 82.0 Å². The molecule has 0 saturated carbocycles. The maximum atomic E-state index is 11.9. The van der Waals surface area contributed by atoms with Crippen molar-refractivity contribution >= 4 is 23.6 Å². The lowest BCUT2D eigenvalue weighted by molar-refractivity contribution is -0.122. The van der Waals surface area contributed by atoms with Crippen molar-refractivity contribution in [2.75, 3.05) is 18.6 Å². The van der Waals surface area contributed by atoms with Crippen LogP contribution in [0.1, 0.15) is 10.4 Å². The van der Waals surface area contributed by atoms with Gasteiger partial charge in [-0.3, -0.25) is 9.59 Å². The second-order valence-electron chi connectivity index (χ2n) is 3.72. The van der Waals surface area contributed by atoms with E-state index in [9.17, 15) is 9.59 Å². The summed E-state index contributed by atoms with van der Waals surface area (Å²) >= 11 is 1.45. The van der Waals surface area contributed by atoms with Crippen LogP contribution in [0.15, 0.2) is 30.3 Å². The number of hydrogen-bond acceptors (Lipinski definition) is 4. The molecule has 19 heavy (non-hydrogen) atoms. The number of nitriles is 1. The van der Waals surface area contributed by atoms with Gasteiger partial charge in [-0.2, -0.15) is 17.0 Å². The zero-order valence-electron chi connectivity index (χ0n) is 10.6. The van der Waals surface area contributed by atoms with Crippen LogP contribution in [0.5, 0.6) is 0 Å². The van der Waals surface area contributed by atoms with Gasteiger partial charge in [-0.15, -0.1) is 0 Å². The van der Waals surface area contributed by atoms with Crippen LogP contribution in [0, 0.1) is 11.3 Å². The van der Waals surface area contributed by atoms with Crippen molar-refractivity contribution in [3.05, 3.63) is 35.9 Å². The molecule has 0 saturated heterocycles. The molecule has 2 N–H and O–H groups in total. The van der Waals surface area contributed by atoms with Gasteiger partial charge in [0.25, 0.3) is 5.91 Å². The number of nitrogens with one attached hydrogen (secondary N) is 2. The van der Waals surface area contributed by atoms with Crippen molar-refractivity contribution in [3.63, 3.8) is 0 Å². The summed E-state index contributed by atoms with van der Waals surface area (Å²) in [6.07, 6.45) is 1.85. The minimum absolute atomic E-state index is 0.0646. The second-order valence-corrected chi connectivity index (χ2v) is 4.63. The molecule has 0 fully saturated rings. The number of rotatable bonds is 6. The van der Waals surface area contributed by atoms with Crippen LogP contribution >= 0.6 is 11.8 Å². The van der Waals surface area contributed by atoms with E-state index in [0.717, 1.165) is 0 Å². The summed E-state index contributed by atoms with van der Waals surface area (Å²) < 4.78 is 0. The lowest BCUT2D eigenvalue weighted by atomic mass is 10.2. The first-order valence-electron chi connectivity index (χ1n) is 5.68. The zero-order valence-corrected chi connectivity index (χ0v) is 11.4. The highest BCUT2D eigenvalue weighted by Gasteiger charge is 2.20. The van der Waals surface area contributed by atoms with Crippen molar-refractivity contribution in [1.29, 1.82) is 5.26 Å². The number of carbonyl (C=O) groups is 2. The van der Waals surface area contributed by atoms with E-state index >= 15 is 0 Å². The predicted molar refractivity (Wildman–Crippen MR) is 74.7 cm³/mol. The van der Waals surface area contributed by atoms with Crippen LogP contribution in [-0.4, -0.2) is 36.4 Å². The number of thioether (sulfide) groups is 1. The van der Waals surface area contributed by atoms with Crippen LogP contribution < -0.4 is 10.6 Å². The van der Waals surface area contributed by atoms with Crippen LogP contribution in [0.2, 0.25) is 0 Å². The van der Waals surface area contributed by atoms with E-state index in [4.69, 9.17) is 5.26 Å². The van der Waals surface area contributed by atoms with Gasteiger partial charge in [0.05, 0.1) is 6.07 Å². The average molecular weight is 277 g/mol. The first-order valence-corrected chi connectivity index (χ1v) is 7.08. The van der Waals surface area contributed by atoms with E-state index < -0.39 is 6.04 Å². The summed E-state index contributed by atoms with van der Waals surface area (Å²) in [5.41, 5.74) is 0.502. The van der Waals surface area contributed by atoms with Gasteiger partial charge < -0.3 is 10.6 Å². The van der Waals surface area contributed by atoms with Crippen molar-refractivity contribution in [2.24, 2.45) is 0 Å². The number of nitrogens with zero attached hydrogens (tertiary/aromatic N) is 1. The largest absolute Gasteiger partial charge is 0.341 e. The number of benzene rings is 1. The Morgan fingerprint density at radius 1 is 1.37 bits per heavy atom. The highest BCUT2D eigenvalue weighted by atomic mass is 32.2. The van der Waals surface area contributed by atoms with E-state index in [-0.39, 0.29) is 18.4 Å². The van der Waals surface area contributed by atoms with Crippen LogP contribution in [0.3, 0.4) is 0 Å². The molecule has 0 aliphatic carbocycles. The van der Waals surface area contributed by atoms with E-state index in [1.54, 1.807) is 24.3 Å². The Bertz CT molecular complexity index is 471. The molecule has 1 atom stereocenters. The molecule has 0 aliphatic rings. The highest BCUT2D eigenvalue weighted by Crippen LogP contribution is 2.02. The van der Waals surface area contributed by atoms with E-state index in [2.05, 4.69) is 10.6 Å². The summed E-state index contributed by atoms with van der Waals surface area (Å²) in [5.74, 6) is -0.192. The summed E-state index contributed by atoms with van der Waals surface area (Å²) in [6.45, 7) is -0.0646. The number of hydrogen-bond donors (Lipinski definition) is 2. The molecule has 1 aromatic carbocycles. The van der Waals surface area contributed by atoms with Gasteiger partial charge in [0.15, 0.2) is 0 Å². The van der Waals surface area contributed by atoms with Gasteiger partial charge in [-0.1, -0.05) is 18.2 Å². The maximum Gasteiger partial charge on any atom is 0.251 e. The molecule has 0 heterocycles. The molecule has 0 bridgehead atoms. The van der Waals surface area contributed by atoms with E-state index in [1.165, 1.54) is 11.8 Å². The summed E-state index contributed by atoms with van der Waals surface area (Å²) in [4.78, 5) is 23.7.